The number of H-pyrrole nitrogens is 1. The number of rotatable bonds is 2. The van der Waals surface area contributed by atoms with E-state index in [1.807, 2.05) is 0 Å². The quantitative estimate of drug-likeness (QED) is 0.761. The minimum Gasteiger partial charge on any atom is -0.322 e. The lowest BCUT2D eigenvalue weighted by molar-refractivity contribution is 0.102. The summed E-state index contributed by atoms with van der Waals surface area (Å²) in [6.45, 7) is 0. The Morgan fingerprint density at radius 2 is 2.00 bits per heavy atom. The smallest absolute Gasteiger partial charge is 0.322 e. The van der Waals surface area contributed by atoms with Crippen LogP contribution < -0.4 is 16.6 Å². The summed E-state index contributed by atoms with van der Waals surface area (Å²) in [7, 11) is 1.30. The van der Waals surface area contributed by atoms with Crippen molar-refractivity contribution >= 4 is 11.6 Å². The van der Waals surface area contributed by atoms with Gasteiger partial charge >= 0.3 is 5.69 Å². The van der Waals surface area contributed by atoms with Gasteiger partial charge in [0.05, 0.1) is 0 Å². The molecule has 0 aliphatic carbocycles. The summed E-state index contributed by atoms with van der Waals surface area (Å²) in [5.74, 6) is -0.585. The van der Waals surface area contributed by atoms with E-state index < -0.39 is 17.2 Å². The first-order valence-corrected chi connectivity index (χ1v) is 5.09. The fourth-order valence-electron chi connectivity index (χ4n) is 1.36. The molecule has 0 aromatic carbocycles. The van der Waals surface area contributed by atoms with E-state index in [9.17, 15) is 14.4 Å². The number of amides is 1. The molecule has 7 heteroatoms. The van der Waals surface area contributed by atoms with E-state index in [0.717, 1.165) is 10.8 Å². The summed E-state index contributed by atoms with van der Waals surface area (Å²) in [5.41, 5.74) is -0.831. The van der Waals surface area contributed by atoms with E-state index in [4.69, 9.17) is 0 Å². The molecule has 0 saturated heterocycles. The van der Waals surface area contributed by atoms with Crippen LogP contribution in [0.3, 0.4) is 0 Å². The maximum absolute atomic E-state index is 11.8. The molecule has 0 fully saturated rings. The zero-order chi connectivity index (χ0) is 13.1. The summed E-state index contributed by atoms with van der Waals surface area (Å²) < 4.78 is 0.835. The van der Waals surface area contributed by atoms with Gasteiger partial charge in [-0.15, -0.1) is 0 Å². The van der Waals surface area contributed by atoms with Crippen molar-refractivity contribution in [3.05, 3.63) is 57.1 Å². The Labute approximate surface area is 101 Å². The first kappa shape index (κ1) is 11.8. The van der Waals surface area contributed by atoms with E-state index in [1.54, 1.807) is 12.1 Å². The van der Waals surface area contributed by atoms with Crippen molar-refractivity contribution in [2.75, 3.05) is 5.32 Å². The van der Waals surface area contributed by atoms with Crippen molar-refractivity contribution in [3.63, 3.8) is 0 Å². The van der Waals surface area contributed by atoms with Crippen molar-refractivity contribution < 1.29 is 4.79 Å². The lowest BCUT2D eigenvalue weighted by atomic mass is 10.3. The van der Waals surface area contributed by atoms with Crippen LogP contribution >= 0.6 is 0 Å². The van der Waals surface area contributed by atoms with Crippen molar-refractivity contribution in [2.45, 2.75) is 0 Å². The molecule has 7 nitrogen and oxygen atoms in total. The van der Waals surface area contributed by atoms with Gasteiger partial charge in [-0.1, -0.05) is 0 Å². The topological polar surface area (TPSA) is 96.8 Å². The van der Waals surface area contributed by atoms with Crippen LogP contribution in [0.15, 0.2) is 40.3 Å². The molecule has 0 aliphatic rings. The van der Waals surface area contributed by atoms with Gasteiger partial charge in [0.2, 0.25) is 0 Å². The summed E-state index contributed by atoms with van der Waals surface area (Å²) in [6, 6.07) is 3.18. The van der Waals surface area contributed by atoms with E-state index in [-0.39, 0.29) is 5.56 Å². The second kappa shape index (κ2) is 4.66. The molecule has 18 heavy (non-hydrogen) atoms. The highest BCUT2D eigenvalue weighted by atomic mass is 16.2. The molecular formula is C11H10N4O3. The summed E-state index contributed by atoms with van der Waals surface area (Å²) >= 11 is 0. The predicted molar refractivity (Wildman–Crippen MR) is 64.5 cm³/mol. The Balaban J connectivity index is 2.34. The fraction of sp³-hybridized carbons (Fsp3) is 0.0909. The zero-order valence-electron chi connectivity index (χ0n) is 9.51. The van der Waals surface area contributed by atoms with Gasteiger partial charge in [0.1, 0.15) is 5.56 Å². The highest BCUT2D eigenvalue weighted by Crippen LogP contribution is 2.04. The molecule has 92 valence electrons. The predicted octanol–water partition coefficient (Wildman–Crippen LogP) is -0.279. The van der Waals surface area contributed by atoms with Gasteiger partial charge in [-0.25, -0.2) is 4.79 Å². The molecule has 0 unspecified atom stereocenters. The number of carbonyl (C=O) groups is 1. The fourth-order valence-corrected chi connectivity index (χ4v) is 1.36. The molecule has 2 rings (SSSR count). The third-order valence-electron chi connectivity index (χ3n) is 2.36. The number of anilines is 1. The molecule has 2 aromatic rings. The third-order valence-corrected chi connectivity index (χ3v) is 2.36. The summed E-state index contributed by atoms with van der Waals surface area (Å²) in [6.07, 6.45) is 4.13. The van der Waals surface area contributed by atoms with E-state index in [2.05, 4.69) is 15.3 Å². The highest BCUT2D eigenvalue weighted by molar-refractivity contribution is 6.03. The normalized spacial score (nSPS) is 10.1. The van der Waals surface area contributed by atoms with Crippen LogP contribution in [0.4, 0.5) is 5.69 Å². The van der Waals surface area contributed by atoms with Crippen LogP contribution in [0.25, 0.3) is 0 Å². The van der Waals surface area contributed by atoms with Crippen molar-refractivity contribution in [3.8, 4) is 0 Å². The zero-order valence-corrected chi connectivity index (χ0v) is 9.51. The van der Waals surface area contributed by atoms with Crippen LogP contribution in [-0.4, -0.2) is 20.4 Å². The minimum absolute atomic E-state index is 0.131. The van der Waals surface area contributed by atoms with Gasteiger partial charge in [0.15, 0.2) is 0 Å². The lowest BCUT2D eigenvalue weighted by Crippen LogP contribution is -2.37. The molecule has 0 radical (unpaired) electrons. The number of carbonyl (C=O) groups excluding carboxylic acids is 1. The number of nitrogens with zero attached hydrogens (tertiary/aromatic N) is 2. The summed E-state index contributed by atoms with van der Waals surface area (Å²) in [5, 5.41) is 2.53. The number of aromatic nitrogens is 3. The van der Waals surface area contributed by atoms with Crippen LogP contribution in [0.5, 0.6) is 0 Å². The van der Waals surface area contributed by atoms with Crippen molar-refractivity contribution in [2.24, 2.45) is 7.05 Å². The van der Waals surface area contributed by atoms with Crippen molar-refractivity contribution in [1.29, 1.82) is 0 Å². The van der Waals surface area contributed by atoms with Crippen LogP contribution in [0.1, 0.15) is 10.4 Å². The number of pyridine rings is 1. The molecule has 0 spiro atoms. The molecule has 0 aliphatic heterocycles. The Hall–Kier alpha value is -2.70. The highest BCUT2D eigenvalue weighted by Gasteiger charge is 2.12. The van der Waals surface area contributed by atoms with E-state index in [1.165, 1.54) is 19.4 Å². The first-order valence-electron chi connectivity index (χ1n) is 5.09. The monoisotopic (exact) mass is 246 g/mol. The average Bonchev–Trinajstić information content (AvgIpc) is 2.37. The molecule has 2 heterocycles. The van der Waals surface area contributed by atoms with Crippen molar-refractivity contribution in [1.82, 2.24) is 14.5 Å². The number of nitrogens with one attached hydrogen (secondary N) is 2. The van der Waals surface area contributed by atoms with Crippen LogP contribution in [0, 0.1) is 0 Å². The maximum Gasteiger partial charge on any atom is 0.328 e. The molecule has 2 N–H and O–H groups in total. The molecule has 0 saturated carbocycles. The Morgan fingerprint density at radius 3 is 2.67 bits per heavy atom. The molecule has 0 atom stereocenters. The first-order chi connectivity index (χ1) is 8.59. The Kier molecular flexibility index (Phi) is 3.05. The SMILES string of the molecule is Cn1c(=O)[nH]cc(C(=O)Nc2ccncc2)c1=O. The van der Waals surface area contributed by atoms with Gasteiger partial charge in [0, 0.05) is 31.3 Å². The van der Waals surface area contributed by atoms with Crippen LogP contribution in [-0.2, 0) is 7.05 Å². The molecule has 1 amide bonds. The Bertz CT molecular complexity index is 687. The molecular weight excluding hydrogens is 236 g/mol. The van der Waals surface area contributed by atoms with Crippen LogP contribution in [0.2, 0.25) is 0 Å². The van der Waals surface area contributed by atoms with Gasteiger partial charge < -0.3 is 10.3 Å². The number of hydrogen-bond donors (Lipinski definition) is 2. The third kappa shape index (κ3) is 2.19. The van der Waals surface area contributed by atoms with Gasteiger partial charge in [0.25, 0.3) is 11.5 Å². The van der Waals surface area contributed by atoms with E-state index in [0.29, 0.717) is 5.69 Å². The second-order valence-electron chi connectivity index (χ2n) is 3.56. The standard InChI is InChI=1S/C11H10N4O3/c1-15-10(17)8(6-13-11(15)18)9(16)14-7-2-4-12-5-3-7/h2-6H,1H3,(H,13,18)(H,12,14,16). The van der Waals surface area contributed by atoms with Gasteiger partial charge in [-0.3, -0.25) is 19.1 Å². The largest absolute Gasteiger partial charge is 0.328 e. The number of aromatic amines is 1. The van der Waals surface area contributed by atoms with Gasteiger partial charge in [-0.2, -0.15) is 0 Å². The van der Waals surface area contributed by atoms with E-state index >= 15 is 0 Å². The lowest BCUT2D eigenvalue weighted by Gasteiger charge is -2.04. The summed E-state index contributed by atoms with van der Waals surface area (Å²) in [4.78, 5) is 40.8. The molecule has 0 bridgehead atoms. The van der Waals surface area contributed by atoms with Gasteiger partial charge in [-0.05, 0) is 12.1 Å². The Morgan fingerprint density at radius 1 is 1.33 bits per heavy atom. The molecule has 2 aromatic heterocycles. The average molecular weight is 246 g/mol. The second-order valence-corrected chi connectivity index (χ2v) is 3.56. The number of hydrogen-bond acceptors (Lipinski definition) is 4. The maximum atomic E-state index is 11.8. The minimum atomic E-state index is -0.648.